The van der Waals surface area contributed by atoms with Crippen molar-refractivity contribution in [1.29, 1.82) is 0 Å². The summed E-state index contributed by atoms with van der Waals surface area (Å²) in [6.07, 6.45) is -0.438. The van der Waals surface area contributed by atoms with Gasteiger partial charge in [0.2, 0.25) is 0 Å². The van der Waals surface area contributed by atoms with Crippen molar-refractivity contribution in [3.8, 4) is 0 Å². The normalized spacial score (nSPS) is 14.9. The fourth-order valence-electron chi connectivity index (χ4n) is 1.02. The van der Waals surface area contributed by atoms with Gasteiger partial charge in [-0.3, -0.25) is 9.89 Å². The molecule has 15 heavy (non-hydrogen) atoms. The molecule has 2 atom stereocenters. The quantitative estimate of drug-likeness (QED) is 0.652. The Labute approximate surface area is 91.1 Å². The molecule has 0 saturated heterocycles. The number of aromatic amines is 1. The standard InChI is InChI=1S/C8H13N3O3S/c1-5(12)15-3-2-6(13)7(14)8-9-4-10-11-8/h4,6-7,13-14H,2-3H2,1H3,(H,9,10,11). The van der Waals surface area contributed by atoms with Crippen molar-refractivity contribution in [2.75, 3.05) is 5.75 Å². The Morgan fingerprint density at radius 3 is 2.93 bits per heavy atom. The summed E-state index contributed by atoms with van der Waals surface area (Å²) in [5.41, 5.74) is 0. The minimum absolute atomic E-state index is 0.00337. The fraction of sp³-hybridized carbons (Fsp3) is 0.625. The molecule has 1 rings (SSSR count). The van der Waals surface area contributed by atoms with Crippen LogP contribution in [0.5, 0.6) is 0 Å². The molecule has 0 aromatic carbocycles. The highest BCUT2D eigenvalue weighted by molar-refractivity contribution is 8.13. The Morgan fingerprint density at radius 2 is 2.40 bits per heavy atom. The molecule has 0 aliphatic rings. The van der Waals surface area contributed by atoms with E-state index in [0.29, 0.717) is 12.2 Å². The first-order valence-corrected chi connectivity index (χ1v) is 5.44. The summed E-state index contributed by atoms with van der Waals surface area (Å²) in [5.74, 6) is 0.706. The second-order valence-electron chi connectivity index (χ2n) is 3.01. The van der Waals surface area contributed by atoms with Gasteiger partial charge in [0.15, 0.2) is 10.9 Å². The van der Waals surface area contributed by atoms with Crippen LogP contribution in [0.15, 0.2) is 6.33 Å². The number of aliphatic hydroxyl groups is 2. The molecule has 0 aliphatic carbocycles. The summed E-state index contributed by atoms with van der Waals surface area (Å²) >= 11 is 1.12. The number of thioether (sulfide) groups is 1. The molecule has 1 aromatic rings. The maximum absolute atomic E-state index is 10.6. The number of carbonyl (C=O) groups excluding carboxylic acids is 1. The Bertz CT molecular complexity index is 304. The number of rotatable bonds is 5. The van der Waals surface area contributed by atoms with Crippen molar-refractivity contribution in [3.63, 3.8) is 0 Å². The third kappa shape index (κ3) is 3.98. The lowest BCUT2D eigenvalue weighted by Gasteiger charge is -2.14. The van der Waals surface area contributed by atoms with E-state index in [2.05, 4.69) is 15.2 Å². The van der Waals surface area contributed by atoms with Crippen LogP contribution >= 0.6 is 11.8 Å². The predicted molar refractivity (Wildman–Crippen MR) is 55.1 cm³/mol. The van der Waals surface area contributed by atoms with E-state index in [4.69, 9.17) is 0 Å². The fourth-order valence-corrected chi connectivity index (χ4v) is 1.67. The number of aliphatic hydroxyl groups excluding tert-OH is 2. The van der Waals surface area contributed by atoms with Gasteiger partial charge < -0.3 is 10.2 Å². The van der Waals surface area contributed by atoms with E-state index in [9.17, 15) is 15.0 Å². The third-order valence-corrected chi connectivity index (χ3v) is 2.64. The lowest BCUT2D eigenvalue weighted by Crippen LogP contribution is -2.20. The summed E-state index contributed by atoms with van der Waals surface area (Å²) in [4.78, 5) is 14.3. The molecule has 0 amide bonds. The molecule has 0 saturated carbocycles. The summed E-state index contributed by atoms with van der Waals surface area (Å²) in [6, 6.07) is 0. The smallest absolute Gasteiger partial charge is 0.185 e. The molecular weight excluding hydrogens is 218 g/mol. The van der Waals surface area contributed by atoms with Crippen molar-refractivity contribution in [2.24, 2.45) is 0 Å². The first kappa shape index (κ1) is 12.2. The van der Waals surface area contributed by atoms with E-state index in [1.165, 1.54) is 13.3 Å². The van der Waals surface area contributed by atoms with Crippen LogP contribution < -0.4 is 0 Å². The minimum atomic E-state index is -1.08. The van der Waals surface area contributed by atoms with E-state index in [0.717, 1.165) is 11.8 Å². The molecule has 1 aromatic heterocycles. The number of aromatic nitrogens is 3. The number of hydrogen-bond acceptors (Lipinski definition) is 6. The zero-order valence-electron chi connectivity index (χ0n) is 8.25. The van der Waals surface area contributed by atoms with Gasteiger partial charge in [0.25, 0.3) is 0 Å². The summed E-state index contributed by atoms with van der Waals surface area (Å²) in [5, 5.41) is 25.1. The van der Waals surface area contributed by atoms with Gasteiger partial charge in [-0.2, -0.15) is 5.10 Å². The van der Waals surface area contributed by atoms with Crippen molar-refractivity contribution in [3.05, 3.63) is 12.2 Å². The zero-order valence-corrected chi connectivity index (χ0v) is 9.07. The molecule has 0 radical (unpaired) electrons. The molecule has 0 spiro atoms. The Morgan fingerprint density at radius 1 is 1.67 bits per heavy atom. The maximum Gasteiger partial charge on any atom is 0.185 e. The molecule has 1 heterocycles. The van der Waals surface area contributed by atoms with Crippen LogP contribution in [0.1, 0.15) is 25.3 Å². The average Bonchev–Trinajstić information content (AvgIpc) is 2.68. The van der Waals surface area contributed by atoms with Gasteiger partial charge >= 0.3 is 0 Å². The first-order valence-electron chi connectivity index (χ1n) is 4.46. The predicted octanol–water partition coefficient (Wildman–Crippen LogP) is -0.131. The van der Waals surface area contributed by atoms with Crippen molar-refractivity contribution in [2.45, 2.75) is 25.6 Å². The van der Waals surface area contributed by atoms with Crippen LogP contribution in [-0.2, 0) is 4.79 Å². The van der Waals surface area contributed by atoms with Crippen LogP contribution in [0.25, 0.3) is 0 Å². The van der Waals surface area contributed by atoms with Gasteiger partial charge in [0.1, 0.15) is 12.4 Å². The number of hydrogen-bond donors (Lipinski definition) is 3. The zero-order chi connectivity index (χ0) is 11.3. The van der Waals surface area contributed by atoms with Crippen molar-refractivity contribution in [1.82, 2.24) is 15.2 Å². The highest BCUT2D eigenvalue weighted by atomic mass is 32.2. The molecule has 3 N–H and O–H groups in total. The second kappa shape index (κ2) is 5.84. The summed E-state index contributed by atoms with van der Waals surface area (Å²) < 4.78 is 0. The van der Waals surface area contributed by atoms with Gasteiger partial charge in [-0.05, 0) is 6.42 Å². The number of H-pyrrole nitrogens is 1. The Hall–Kier alpha value is -0.920. The monoisotopic (exact) mass is 231 g/mol. The van der Waals surface area contributed by atoms with Crippen LogP contribution in [-0.4, -0.2) is 42.4 Å². The minimum Gasteiger partial charge on any atom is -0.390 e. The number of carbonyl (C=O) groups is 1. The molecular formula is C8H13N3O3S. The van der Waals surface area contributed by atoms with E-state index in [1.54, 1.807) is 0 Å². The lowest BCUT2D eigenvalue weighted by atomic mass is 10.1. The summed E-state index contributed by atoms with van der Waals surface area (Å²) in [6.45, 7) is 1.46. The molecule has 84 valence electrons. The highest BCUT2D eigenvalue weighted by Gasteiger charge is 2.20. The van der Waals surface area contributed by atoms with E-state index in [1.807, 2.05) is 0 Å². The van der Waals surface area contributed by atoms with Crippen molar-refractivity contribution >= 4 is 16.9 Å². The van der Waals surface area contributed by atoms with Crippen molar-refractivity contribution < 1.29 is 15.0 Å². The van der Waals surface area contributed by atoms with Gasteiger partial charge in [-0.15, -0.1) is 0 Å². The molecule has 6 nitrogen and oxygen atoms in total. The number of nitrogens with zero attached hydrogens (tertiary/aromatic N) is 2. The van der Waals surface area contributed by atoms with Crippen LogP contribution in [0.4, 0.5) is 0 Å². The molecule has 0 aliphatic heterocycles. The first-order chi connectivity index (χ1) is 7.11. The van der Waals surface area contributed by atoms with Crippen LogP contribution in [0.3, 0.4) is 0 Å². The summed E-state index contributed by atoms with van der Waals surface area (Å²) in [7, 11) is 0. The topological polar surface area (TPSA) is 99.1 Å². The molecule has 7 heteroatoms. The highest BCUT2D eigenvalue weighted by Crippen LogP contribution is 2.16. The van der Waals surface area contributed by atoms with E-state index in [-0.39, 0.29) is 10.9 Å². The Kier molecular flexibility index (Phi) is 4.73. The second-order valence-corrected chi connectivity index (χ2v) is 4.28. The van der Waals surface area contributed by atoms with Gasteiger partial charge in [0.05, 0.1) is 6.10 Å². The molecule has 0 fully saturated rings. The largest absolute Gasteiger partial charge is 0.390 e. The van der Waals surface area contributed by atoms with Crippen LogP contribution in [0.2, 0.25) is 0 Å². The SMILES string of the molecule is CC(=O)SCCC(O)C(O)c1ncn[nH]1. The number of nitrogens with one attached hydrogen (secondary N) is 1. The molecule has 0 bridgehead atoms. The molecule has 2 unspecified atom stereocenters. The Balaban J connectivity index is 2.33. The lowest BCUT2D eigenvalue weighted by molar-refractivity contribution is -0.109. The van der Waals surface area contributed by atoms with E-state index >= 15 is 0 Å². The van der Waals surface area contributed by atoms with E-state index < -0.39 is 12.2 Å². The average molecular weight is 231 g/mol. The van der Waals surface area contributed by atoms with Gasteiger partial charge in [0, 0.05) is 12.7 Å². The third-order valence-electron chi connectivity index (χ3n) is 1.80. The maximum atomic E-state index is 10.6. The van der Waals surface area contributed by atoms with Gasteiger partial charge in [-0.1, -0.05) is 11.8 Å². The van der Waals surface area contributed by atoms with Gasteiger partial charge in [-0.25, -0.2) is 4.98 Å². The van der Waals surface area contributed by atoms with Crippen LogP contribution in [0, 0.1) is 0 Å².